The van der Waals surface area contributed by atoms with E-state index in [1.165, 1.54) is 5.57 Å². The average molecular weight is 221 g/mol. The number of rotatable bonds is 2. The molecule has 0 N–H and O–H groups in total. The van der Waals surface area contributed by atoms with E-state index < -0.39 is 0 Å². The monoisotopic (exact) mass is 221 g/mol. The minimum atomic E-state index is 0.758. The van der Waals surface area contributed by atoms with E-state index in [1.807, 2.05) is 55.1 Å². The quantitative estimate of drug-likeness (QED) is 0.782. The van der Waals surface area contributed by atoms with Gasteiger partial charge in [0.25, 0.3) is 0 Å². The molecule has 0 atom stereocenters. The van der Waals surface area contributed by atoms with Gasteiger partial charge >= 0.3 is 0 Å². The molecule has 1 aromatic heterocycles. The van der Waals surface area contributed by atoms with Crippen LogP contribution in [0.25, 0.3) is 17.0 Å². The van der Waals surface area contributed by atoms with Crippen molar-refractivity contribution in [3.8, 4) is 11.4 Å². The zero-order chi connectivity index (χ0) is 11.5. The second kappa shape index (κ2) is 4.29. The molecule has 0 unspecified atom stereocenters. The lowest BCUT2D eigenvalue weighted by atomic mass is 10.1. The highest BCUT2D eigenvalue weighted by Crippen LogP contribution is 2.21. The Morgan fingerprint density at radius 3 is 2.29 bits per heavy atom. The number of aromatic nitrogens is 2. The van der Waals surface area contributed by atoms with Crippen LogP contribution < -0.4 is 0 Å². The number of aliphatic imine (C=N–C) groups is 1. The first-order chi connectivity index (χ1) is 8.43. The molecule has 2 heterocycles. The maximum atomic E-state index is 4.39. The summed E-state index contributed by atoms with van der Waals surface area (Å²) >= 11 is 0. The number of hydrogen-bond donors (Lipinski definition) is 0. The van der Waals surface area contributed by atoms with Gasteiger partial charge in [-0.3, -0.25) is 4.99 Å². The summed E-state index contributed by atoms with van der Waals surface area (Å²) in [7, 11) is 0. The van der Waals surface area contributed by atoms with E-state index in [-0.39, 0.29) is 0 Å². The second-order valence-corrected chi connectivity index (χ2v) is 3.85. The largest absolute Gasteiger partial charge is 0.268 e. The molecule has 0 fully saturated rings. The summed E-state index contributed by atoms with van der Waals surface area (Å²) < 4.78 is 0. The number of nitrogens with zero attached hydrogens (tertiary/aromatic N) is 3. The van der Waals surface area contributed by atoms with Crippen molar-refractivity contribution in [1.82, 2.24) is 9.97 Å². The first-order valence-electron chi connectivity index (χ1n) is 5.52. The molecule has 0 aliphatic carbocycles. The van der Waals surface area contributed by atoms with Crippen LogP contribution in [0, 0.1) is 0 Å². The summed E-state index contributed by atoms with van der Waals surface area (Å²) in [5, 5.41) is 0. The highest BCUT2D eigenvalue weighted by molar-refractivity contribution is 5.83. The van der Waals surface area contributed by atoms with Crippen LogP contribution in [0.2, 0.25) is 0 Å². The van der Waals surface area contributed by atoms with Gasteiger partial charge in [-0.15, -0.1) is 0 Å². The fourth-order valence-corrected chi connectivity index (χ4v) is 1.77. The molecule has 0 spiro atoms. The van der Waals surface area contributed by atoms with Crippen LogP contribution in [0.1, 0.15) is 12.0 Å². The molecule has 3 rings (SSSR count). The van der Waals surface area contributed by atoms with Gasteiger partial charge in [-0.2, -0.15) is 0 Å². The standard InChI is InChI=1S/C14H11N3/c1-2-4-11(5-3-1)14-16-9-13(10-17-14)12-6-7-15-8-12/h1-5,7-10H,6H2. The third kappa shape index (κ3) is 1.99. The van der Waals surface area contributed by atoms with Crippen molar-refractivity contribution in [2.45, 2.75) is 6.42 Å². The summed E-state index contributed by atoms with van der Waals surface area (Å²) in [6, 6.07) is 9.97. The predicted molar refractivity (Wildman–Crippen MR) is 68.6 cm³/mol. The molecule has 1 aliphatic rings. The van der Waals surface area contributed by atoms with Crippen LogP contribution in [0.5, 0.6) is 0 Å². The normalized spacial score (nSPS) is 13.8. The Balaban J connectivity index is 1.90. The molecule has 0 amide bonds. The van der Waals surface area contributed by atoms with Gasteiger partial charge in [0.1, 0.15) is 0 Å². The van der Waals surface area contributed by atoms with E-state index in [1.54, 1.807) is 0 Å². The molecule has 0 saturated carbocycles. The first-order valence-corrected chi connectivity index (χ1v) is 5.52. The Labute approximate surface area is 99.6 Å². The van der Waals surface area contributed by atoms with Gasteiger partial charge in [-0.1, -0.05) is 30.3 Å². The fraction of sp³-hybridized carbons (Fsp3) is 0.0714. The third-order valence-corrected chi connectivity index (χ3v) is 2.70. The van der Waals surface area contributed by atoms with Crippen molar-refractivity contribution in [3.05, 3.63) is 54.5 Å². The van der Waals surface area contributed by atoms with Crippen molar-refractivity contribution < 1.29 is 0 Å². The maximum Gasteiger partial charge on any atom is 0.159 e. The topological polar surface area (TPSA) is 38.1 Å². The second-order valence-electron chi connectivity index (χ2n) is 3.85. The molecule has 2 aromatic rings. The van der Waals surface area contributed by atoms with Crippen LogP contribution in [0.3, 0.4) is 0 Å². The van der Waals surface area contributed by atoms with Gasteiger partial charge in [0.15, 0.2) is 5.82 Å². The van der Waals surface area contributed by atoms with Crippen LogP contribution in [0.4, 0.5) is 0 Å². The summed E-state index contributed by atoms with van der Waals surface area (Å²) in [6.07, 6.45) is 8.33. The van der Waals surface area contributed by atoms with E-state index in [0.29, 0.717) is 0 Å². The van der Waals surface area contributed by atoms with Crippen molar-refractivity contribution in [1.29, 1.82) is 0 Å². The minimum Gasteiger partial charge on any atom is -0.268 e. The Bertz CT molecular complexity index is 568. The van der Waals surface area contributed by atoms with Gasteiger partial charge in [0.05, 0.1) is 0 Å². The first kappa shape index (κ1) is 9.90. The minimum absolute atomic E-state index is 0.758. The molecule has 3 nitrogen and oxygen atoms in total. The van der Waals surface area contributed by atoms with Gasteiger partial charge < -0.3 is 0 Å². The number of hydrogen-bond acceptors (Lipinski definition) is 3. The van der Waals surface area contributed by atoms with E-state index in [9.17, 15) is 0 Å². The van der Waals surface area contributed by atoms with Crippen molar-refractivity contribution in [3.63, 3.8) is 0 Å². The molecule has 82 valence electrons. The SMILES string of the molecule is C1=NC=C(c2cnc(-c3ccccc3)nc2)C1. The highest BCUT2D eigenvalue weighted by atomic mass is 14.9. The molecular weight excluding hydrogens is 210 g/mol. The van der Waals surface area contributed by atoms with E-state index in [4.69, 9.17) is 0 Å². The van der Waals surface area contributed by atoms with E-state index in [2.05, 4.69) is 15.0 Å². The van der Waals surface area contributed by atoms with Crippen LogP contribution in [-0.4, -0.2) is 16.2 Å². The van der Waals surface area contributed by atoms with Gasteiger partial charge in [-0.25, -0.2) is 9.97 Å². The molecule has 0 radical (unpaired) electrons. The van der Waals surface area contributed by atoms with Gasteiger partial charge in [-0.05, 0) is 5.57 Å². The lowest BCUT2D eigenvalue weighted by Crippen LogP contribution is -1.91. The van der Waals surface area contributed by atoms with E-state index in [0.717, 1.165) is 23.4 Å². The summed E-state index contributed by atoms with van der Waals surface area (Å²) in [6.45, 7) is 0. The Kier molecular flexibility index (Phi) is 2.50. The van der Waals surface area contributed by atoms with E-state index >= 15 is 0 Å². The fourth-order valence-electron chi connectivity index (χ4n) is 1.77. The Morgan fingerprint density at radius 1 is 0.882 bits per heavy atom. The van der Waals surface area contributed by atoms with Crippen molar-refractivity contribution in [2.24, 2.45) is 4.99 Å². The zero-order valence-corrected chi connectivity index (χ0v) is 9.24. The Morgan fingerprint density at radius 2 is 1.65 bits per heavy atom. The van der Waals surface area contributed by atoms with Gasteiger partial charge in [0, 0.05) is 42.4 Å². The van der Waals surface area contributed by atoms with Crippen molar-refractivity contribution >= 4 is 11.8 Å². The van der Waals surface area contributed by atoms with Gasteiger partial charge in [0.2, 0.25) is 0 Å². The summed E-state index contributed by atoms with van der Waals surface area (Å²) in [4.78, 5) is 12.9. The molecular formula is C14H11N3. The molecule has 1 aliphatic heterocycles. The molecule has 1 aromatic carbocycles. The lowest BCUT2D eigenvalue weighted by molar-refractivity contribution is 1.16. The predicted octanol–water partition coefficient (Wildman–Crippen LogP) is 2.96. The Hall–Kier alpha value is -2.29. The number of benzene rings is 1. The third-order valence-electron chi connectivity index (χ3n) is 2.70. The summed E-state index contributed by atoms with van der Waals surface area (Å²) in [5.41, 5.74) is 3.25. The van der Waals surface area contributed by atoms with Crippen LogP contribution in [0.15, 0.2) is 53.9 Å². The van der Waals surface area contributed by atoms with Crippen LogP contribution >= 0.6 is 0 Å². The maximum absolute atomic E-state index is 4.39. The smallest absolute Gasteiger partial charge is 0.159 e. The molecule has 0 bridgehead atoms. The lowest BCUT2D eigenvalue weighted by Gasteiger charge is -2.02. The average Bonchev–Trinajstić information content (AvgIpc) is 2.94. The summed E-state index contributed by atoms with van der Waals surface area (Å²) in [5.74, 6) is 0.758. The molecule has 3 heteroatoms. The van der Waals surface area contributed by atoms with Crippen LogP contribution in [-0.2, 0) is 0 Å². The zero-order valence-electron chi connectivity index (χ0n) is 9.24. The highest BCUT2D eigenvalue weighted by Gasteiger charge is 2.06. The number of allylic oxidation sites excluding steroid dienone is 1. The molecule has 17 heavy (non-hydrogen) atoms. The van der Waals surface area contributed by atoms with Crippen molar-refractivity contribution in [2.75, 3.05) is 0 Å². The molecule has 0 saturated heterocycles.